The number of imidazole rings is 1. The van der Waals surface area contributed by atoms with Gasteiger partial charge in [-0.2, -0.15) is 0 Å². The van der Waals surface area contributed by atoms with Gasteiger partial charge in [0, 0.05) is 49.1 Å². The van der Waals surface area contributed by atoms with Crippen LogP contribution < -0.4 is 25.3 Å². The largest absolute Gasteiger partial charge is 0.493 e. The van der Waals surface area contributed by atoms with Crippen LogP contribution in [0.4, 0.5) is 11.6 Å². The molecule has 5 rings (SSSR count). The first-order valence-corrected chi connectivity index (χ1v) is 13.9. The minimum atomic E-state index is 0.0856. The number of hydrogen-bond acceptors (Lipinski definition) is 8. The van der Waals surface area contributed by atoms with Crippen LogP contribution in [0.25, 0.3) is 11.0 Å². The molecule has 1 amide bonds. The Kier molecular flexibility index (Phi) is 8.42. The second kappa shape index (κ2) is 12.1. The summed E-state index contributed by atoms with van der Waals surface area (Å²) in [5.74, 6) is 2.36. The maximum Gasteiger partial charge on any atom is 0.253 e. The van der Waals surface area contributed by atoms with Crippen molar-refractivity contribution in [2.75, 3.05) is 59.4 Å². The Balaban J connectivity index is 1.40. The van der Waals surface area contributed by atoms with Gasteiger partial charge in [-0.25, -0.2) is 4.98 Å². The number of hydrogen-bond donors (Lipinski definition) is 2. The first kappa shape index (κ1) is 27.1. The van der Waals surface area contributed by atoms with E-state index in [0.717, 1.165) is 49.1 Å². The summed E-state index contributed by atoms with van der Waals surface area (Å²) in [4.78, 5) is 23.0. The second-order valence-electron chi connectivity index (χ2n) is 10.2. The molecule has 3 N–H and O–H groups in total. The maximum atomic E-state index is 13.5. The molecule has 3 aromatic rings. The molecule has 3 heterocycles. The van der Waals surface area contributed by atoms with E-state index in [9.17, 15) is 4.79 Å². The number of likely N-dealkylation sites (tertiary alicyclic amines) is 2. The molecule has 0 bridgehead atoms. The Hall–Kier alpha value is -3.50. The number of carbonyl (C=O) groups excluding carboxylic acids is 1. The zero-order valence-electron chi connectivity index (χ0n) is 23.2. The van der Waals surface area contributed by atoms with Gasteiger partial charge in [0.2, 0.25) is 11.7 Å². The van der Waals surface area contributed by atoms with E-state index in [0.29, 0.717) is 47.9 Å². The van der Waals surface area contributed by atoms with Gasteiger partial charge < -0.3 is 39.6 Å². The lowest BCUT2D eigenvalue weighted by Crippen LogP contribution is -2.45. The average molecular weight is 537 g/mol. The molecule has 2 saturated heterocycles. The van der Waals surface area contributed by atoms with Crippen LogP contribution in [-0.2, 0) is 6.54 Å². The van der Waals surface area contributed by atoms with Crippen molar-refractivity contribution in [3.05, 3.63) is 35.9 Å². The molecule has 10 heteroatoms. The fourth-order valence-electron chi connectivity index (χ4n) is 5.83. The maximum absolute atomic E-state index is 13.5. The third kappa shape index (κ3) is 5.62. The highest BCUT2D eigenvalue weighted by Gasteiger charge is 2.29. The van der Waals surface area contributed by atoms with E-state index in [1.807, 2.05) is 35.2 Å². The number of carbonyl (C=O) groups is 1. The van der Waals surface area contributed by atoms with Crippen LogP contribution in [0.5, 0.6) is 17.2 Å². The number of rotatable bonds is 10. The lowest BCUT2D eigenvalue weighted by atomic mass is 10.0. The molecule has 2 aromatic carbocycles. The summed E-state index contributed by atoms with van der Waals surface area (Å²) in [6.07, 6.45) is 5.47. The van der Waals surface area contributed by atoms with E-state index in [2.05, 4.69) is 14.8 Å². The Morgan fingerprint density at radius 2 is 1.69 bits per heavy atom. The van der Waals surface area contributed by atoms with Crippen LogP contribution in [-0.4, -0.2) is 85.4 Å². The summed E-state index contributed by atoms with van der Waals surface area (Å²) in [5, 5.41) is 3.41. The minimum Gasteiger partial charge on any atom is -0.493 e. The van der Waals surface area contributed by atoms with Crippen LogP contribution >= 0.6 is 0 Å². The van der Waals surface area contributed by atoms with Crippen molar-refractivity contribution in [3.8, 4) is 17.2 Å². The number of anilines is 2. The van der Waals surface area contributed by atoms with E-state index < -0.39 is 0 Å². The molecule has 39 heavy (non-hydrogen) atoms. The SMILES string of the molecule is COc1cc(Nc2nc3ccc(C(=O)N4CCC(N5CCCC5)CC4)cc3n2CCCN)cc(OC)c1OC. The highest BCUT2D eigenvalue weighted by atomic mass is 16.5. The first-order valence-electron chi connectivity index (χ1n) is 13.9. The molecule has 1 aromatic heterocycles. The highest BCUT2D eigenvalue weighted by Crippen LogP contribution is 2.40. The molecular formula is C29H40N6O4. The summed E-state index contributed by atoms with van der Waals surface area (Å²) in [7, 11) is 4.75. The molecule has 0 radical (unpaired) electrons. The number of methoxy groups -OCH3 is 3. The number of aryl methyl sites for hydroxylation is 1. The zero-order chi connectivity index (χ0) is 27.4. The van der Waals surface area contributed by atoms with Gasteiger partial charge in [0.25, 0.3) is 5.91 Å². The number of benzene rings is 2. The molecule has 0 unspecified atom stereocenters. The third-order valence-corrected chi connectivity index (χ3v) is 7.91. The number of aromatic nitrogens is 2. The molecule has 2 aliphatic heterocycles. The minimum absolute atomic E-state index is 0.0856. The van der Waals surface area contributed by atoms with Gasteiger partial charge in [0.1, 0.15) is 0 Å². The van der Waals surface area contributed by atoms with Crippen molar-refractivity contribution < 1.29 is 19.0 Å². The lowest BCUT2D eigenvalue weighted by Gasteiger charge is -2.36. The summed E-state index contributed by atoms with van der Waals surface area (Å²) in [5.41, 5.74) is 9.01. The van der Waals surface area contributed by atoms with Crippen molar-refractivity contribution in [2.24, 2.45) is 5.73 Å². The van der Waals surface area contributed by atoms with Gasteiger partial charge >= 0.3 is 0 Å². The Morgan fingerprint density at radius 3 is 2.31 bits per heavy atom. The standard InChI is InChI=1S/C29H40N6O4/c1-37-25-18-21(19-26(38-2)27(25)39-3)31-29-32-23-8-7-20(17-24(23)35(29)14-6-11-30)28(36)34-15-9-22(10-16-34)33-12-4-5-13-33/h7-8,17-19,22H,4-6,9-16,30H2,1-3H3,(H,31,32). The quantitative estimate of drug-likeness (QED) is 0.402. The molecule has 2 fully saturated rings. The van der Waals surface area contributed by atoms with Gasteiger partial charge in [-0.3, -0.25) is 4.79 Å². The predicted octanol–water partition coefficient (Wildman–Crippen LogP) is 3.85. The van der Waals surface area contributed by atoms with Crippen LogP contribution in [0.15, 0.2) is 30.3 Å². The molecule has 0 spiro atoms. The molecule has 210 valence electrons. The van der Waals surface area contributed by atoms with E-state index in [-0.39, 0.29) is 5.91 Å². The van der Waals surface area contributed by atoms with Crippen molar-refractivity contribution in [2.45, 2.75) is 44.7 Å². The van der Waals surface area contributed by atoms with Gasteiger partial charge in [-0.15, -0.1) is 0 Å². The van der Waals surface area contributed by atoms with Gasteiger partial charge in [0.05, 0.1) is 32.4 Å². The van der Waals surface area contributed by atoms with Crippen molar-refractivity contribution in [1.29, 1.82) is 0 Å². The number of amides is 1. The smallest absolute Gasteiger partial charge is 0.253 e. The van der Waals surface area contributed by atoms with Crippen LogP contribution in [0.2, 0.25) is 0 Å². The third-order valence-electron chi connectivity index (χ3n) is 7.91. The molecule has 0 atom stereocenters. The summed E-state index contributed by atoms with van der Waals surface area (Å²) < 4.78 is 18.6. The molecule has 2 aliphatic rings. The lowest BCUT2D eigenvalue weighted by molar-refractivity contribution is 0.0644. The predicted molar refractivity (Wildman–Crippen MR) is 153 cm³/mol. The molecular weight excluding hydrogens is 496 g/mol. The fourth-order valence-corrected chi connectivity index (χ4v) is 5.83. The summed E-state index contributed by atoms with van der Waals surface area (Å²) in [6, 6.07) is 10.1. The number of nitrogens with zero attached hydrogens (tertiary/aromatic N) is 4. The van der Waals surface area contributed by atoms with Crippen molar-refractivity contribution >= 4 is 28.6 Å². The van der Waals surface area contributed by atoms with Gasteiger partial charge in [0.15, 0.2) is 11.5 Å². The van der Waals surface area contributed by atoms with E-state index in [4.69, 9.17) is 24.9 Å². The van der Waals surface area contributed by atoms with E-state index >= 15 is 0 Å². The van der Waals surface area contributed by atoms with Gasteiger partial charge in [-0.05, 0) is 69.9 Å². The van der Waals surface area contributed by atoms with Crippen LogP contribution in [0.1, 0.15) is 42.5 Å². The Morgan fingerprint density at radius 1 is 1.00 bits per heavy atom. The monoisotopic (exact) mass is 536 g/mol. The number of nitrogens with one attached hydrogen (secondary N) is 1. The van der Waals surface area contributed by atoms with E-state index in [1.165, 1.54) is 25.9 Å². The number of fused-ring (bicyclic) bond motifs is 1. The van der Waals surface area contributed by atoms with Gasteiger partial charge in [-0.1, -0.05) is 0 Å². The summed E-state index contributed by atoms with van der Waals surface area (Å²) in [6.45, 7) is 5.23. The topological polar surface area (TPSA) is 107 Å². The highest BCUT2D eigenvalue weighted by molar-refractivity contribution is 5.98. The first-order chi connectivity index (χ1) is 19.1. The average Bonchev–Trinajstić information content (AvgIpc) is 3.63. The Labute approximate surface area is 230 Å². The van der Waals surface area contributed by atoms with Crippen molar-refractivity contribution in [3.63, 3.8) is 0 Å². The van der Waals surface area contributed by atoms with Crippen LogP contribution in [0, 0.1) is 0 Å². The van der Waals surface area contributed by atoms with E-state index in [1.54, 1.807) is 21.3 Å². The number of nitrogens with two attached hydrogens (primary N) is 1. The summed E-state index contributed by atoms with van der Waals surface area (Å²) >= 11 is 0. The molecule has 10 nitrogen and oxygen atoms in total. The fraction of sp³-hybridized carbons (Fsp3) is 0.517. The second-order valence-corrected chi connectivity index (χ2v) is 10.2. The molecule has 0 saturated carbocycles. The normalized spacial score (nSPS) is 16.6. The Bertz CT molecular complexity index is 1270. The zero-order valence-corrected chi connectivity index (χ0v) is 23.2. The number of piperidine rings is 1. The number of ether oxygens (including phenoxy) is 3. The van der Waals surface area contributed by atoms with Crippen LogP contribution in [0.3, 0.4) is 0 Å². The van der Waals surface area contributed by atoms with Crippen molar-refractivity contribution in [1.82, 2.24) is 19.4 Å². The molecule has 0 aliphatic carbocycles.